The van der Waals surface area contributed by atoms with E-state index in [0.717, 1.165) is 22.4 Å². The highest BCUT2D eigenvalue weighted by Gasteiger charge is 2.20. The first kappa shape index (κ1) is 17.0. The molecule has 1 heterocycles. The van der Waals surface area contributed by atoms with Gasteiger partial charge in [-0.25, -0.2) is 0 Å². The summed E-state index contributed by atoms with van der Waals surface area (Å²) in [5, 5.41) is 20.5. The van der Waals surface area contributed by atoms with Gasteiger partial charge in [0.15, 0.2) is 16.9 Å². The number of rotatable bonds is 3. The van der Waals surface area contributed by atoms with Gasteiger partial charge in [-0.15, -0.1) is 0 Å². The van der Waals surface area contributed by atoms with E-state index in [1.807, 2.05) is 31.2 Å². The minimum Gasteiger partial charge on any atom is -0.504 e. The molecule has 1 aliphatic carbocycles. The van der Waals surface area contributed by atoms with Gasteiger partial charge in [-0.1, -0.05) is 12.1 Å². The van der Waals surface area contributed by atoms with Crippen molar-refractivity contribution < 1.29 is 19.4 Å². The van der Waals surface area contributed by atoms with E-state index in [0.29, 0.717) is 28.9 Å². The van der Waals surface area contributed by atoms with Gasteiger partial charge in [0.1, 0.15) is 17.1 Å². The summed E-state index contributed by atoms with van der Waals surface area (Å²) in [6.45, 7) is 4.25. The molecule has 136 valence electrons. The Morgan fingerprint density at radius 2 is 1.70 bits per heavy atom. The Labute approximate surface area is 155 Å². The van der Waals surface area contributed by atoms with Crippen molar-refractivity contribution >= 4 is 11.0 Å². The lowest BCUT2D eigenvalue weighted by Crippen LogP contribution is -2.05. The maximum atomic E-state index is 12.1. The summed E-state index contributed by atoms with van der Waals surface area (Å²) in [7, 11) is 0. The second-order valence-electron chi connectivity index (χ2n) is 6.39. The average Bonchev–Trinajstić information content (AvgIpc) is 2.64. The predicted octanol–water partition coefficient (Wildman–Crippen LogP) is 4.68. The molecule has 0 radical (unpaired) electrons. The van der Waals surface area contributed by atoms with Crippen molar-refractivity contribution in [3.63, 3.8) is 0 Å². The van der Waals surface area contributed by atoms with Gasteiger partial charge in [-0.2, -0.15) is 0 Å². The molecule has 0 bridgehead atoms. The van der Waals surface area contributed by atoms with Crippen molar-refractivity contribution in [3.05, 3.63) is 64.3 Å². The second kappa shape index (κ2) is 6.36. The van der Waals surface area contributed by atoms with Crippen molar-refractivity contribution in [2.24, 2.45) is 0 Å². The summed E-state index contributed by atoms with van der Waals surface area (Å²) in [5.41, 5.74) is 3.32. The molecule has 2 N–H and O–H groups in total. The van der Waals surface area contributed by atoms with Gasteiger partial charge in [-0.3, -0.25) is 4.79 Å². The van der Waals surface area contributed by atoms with E-state index < -0.39 is 0 Å². The molecule has 2 aromatic carbocycles. The third-order valence-corrected chi connectivity index (χ3v) is 4.57. The lowest BCUT2D eigenvalue weighted by Gasteiger charge is -2.16. The average molecular weight is 362 g/mol. The fraction of sp³-hybridized carbons (Fsp3) is 0.136. The van der Waals surface area contributed by atoms with Crippen LogP contribution < -0.4 is 10.2 Å². The number of aromatic hydroxyl groups is 2. The zero-order valence-corrected chi connectivity index (χ0v) is 14.9. The molecular formula is C22H18O5. The van der Waals surface area contributed by atoms with E-state index in [1.165, 1.54) is 18.2 Å². The van der Waals surface area contributed by atoms with Crippen LogP contribution >= 0.6 is 0 Å². The number of phenols is 2. The molecule has 0 amide bonds. The third-order valence-electron chi connectivity index (χ3n) is 4.57. The molecule has 0 saturated heterocycles. The van der Waals surface area contributed by atoms with Crippen LogP contribution in [0.4, 0.5) is 0 Å². The minimum atomic E-state index is -0.280. The molecule has 0 saturated carbocycles. The van der Waals surface area contributed by atoms with Gasteiger partial charge in [0.2, 0.25) is 0 Å². The van der Waals surface area contributed by atoms with E-state index in [9.17, 15) is 15.0 Å². The first-order chi connectivity index (χ1) is 13.0. The van der Waals surface area contributed by atoms with Gasteiger partial charge >= 0.3 is 0 Å². The third kappa shape index (κ3) is 2.87. The Morgan fingerprint density at radius 1 is 1.00 bits per heavy atom. The van der Waals surface area contributed by atoms with Crippen LogP contribution in [0.25, 0.3) is 33.4 Å². The van der Waals surface area contributed by atoms with E-state index in [1.54, 1.807) is 13.0 Å². The Morgan fingerprint density at radius 3 is 2.41 bits per heavy atom. The molecule has 2 aromatic rings. The zero-order valence-electron chi connectivity index (χ0n) is 14.9. The Balaban J connectivity index is 2.09. The number of hydrogen-bond donors (Lipinski definition) is 2. The predicted molar refractivity (Wildman–Crippen MR) is 104 cm³/mol. The van der Waals surface area contributed by atoms with Crippen LogP contribution in [0.1, 0.15) is 12.5 Å². The summed E-state index contributed by atoms with van der Waals surface area (Å²) in [5.74, 6) is 0.667. The Bertz CT molecular complexity index is 1170. The lowest BCUT2D eigenvalue weighted by atomic mass is 9.92. The smallest absolute Gasteiger partial charge is 0.185 e. The highest BCUT2D eigenvalue weighted by Crippen LogP contribution is 2.43. The first-order valence-electron chi connectivity index (χ1n) is 8.64. The number of ether oxygens (including phenoxy) is 1. The van der Waals surface area contributed by atoms with Crippen LogP contribution in [-0.4, -0.2) is 16.8 Å². The fourth-order valence-corrected chi connectivity index (χ4v) is 3.25. The molecule has 4 rings (SSSR count). The van der Waals surface area contributed by atoms with Crippen molar-refractivity contribution in [2.75, 3.05) is 6.61 Å². The topological polar surface area (TPSA) is 79.9 Å². The molecule has 5 nitrogen and oxygen atoms in total. The Kier molecular flexibility index (Phi) is 4.00. The van der Waals surface area contributed by atoms with E-state index in [-0.39, 0.29) is 16.9 Å². The number of hydrogen-bond acceptors (Lipinski definition) is 5. The molecule has 0 fully saturated rings. The zero-order chi connectivity index (χ0) is 19.1. The molecule has 1 aliphatic heterocycles. The van der Waals surface area contributed by atoms with Crippen LogP contribution in [0.2, 0.25) is 0 Å². The maximum Gasteiger partial charge on any atom is 0.185 e. The lowest BCUT2D eigenvalue weighted by molar-refractivity contribution is 0.340. The highest BCUT2D eigenvalue weighted by molar-refractivity contribution is 6.03. The molecule has 2 aliphatic rings. The number of fused-ring (bicyclic) bond motifs is 2. The molecule has 5 heteroatoms. The van der Waals surface area contributed by atoms with E-state index >= 15 is 0 Å². The van der Waals surface area contributed by atoms with Crippen molar-refractivity contribution in [3.8, 4) is 39.7 Å². The Hall–Kier alpha value is -3.47. The van der Waals surface area contributed by atoms with Gasteiger partial charge < -0.3 is 19.4 Å². The molecule has 27 heavy (non-hydrogen) atoms. The van der Waals surface area contributed by atoms with E-state index in [4.69, 9.17) is 9.15 Å². The van der Waals surface area contributed by atoms with Crippen molar-refractivity contribution in [1.82, 2.24) is 0 Å². The summed E-state index contributed by atoms with van der Waals surface area (Å²) < 4.78 is 11.4. The molecule has 0 atom stereocenters. The van der Waals surface area contributed by atoms with Crippen LogP contribution in [-0.2, 0) is 0 Å². The quantitative estimate of drug-likeness (QED) is 0.408. The van der Waals surface area contributed by atoms with Crippen molar-refractivity contribution in [1.29, 1.82) is 0 Å². The number of aryl methyl sites for hydroxylation is 1. The SMILES string of the molecule is CCOc1ccc(-c2c3cc(C)c(=O)cc-3oc3cc(O)c(O)cc23)cc1. The summed E-state index contributed by atoms with van der Waals surface area (Å²) >= 11 is 0. The first-order valence-corrected chi connectivity index (χ1v) is 8.64. The van der Waals surface area contributed by atoms with Gasteiger partial charge in [-0.05, 0) is 49.2 Å². The van der Waals surface area contributed by atoms with Gasteiger partial charge in [0.25, 0.3) is 0 Å². The molecule has 0 aromatic heterocycles. The summed E-state index contributed by atoms with van der Waals surface area (Å²) in [6, 6.07) is 13.6. The highest BCUT2D eigenvalue weighted by atomic mass is 16.5. The van der Waals surface area contributed by atoms with Crippen LogP contribution in [0.5, 0.6) is 17.2 Å². The largest absolute Gasteiger partial charge is 0.504 e. The fourth-order valence-electron chi connectivity index (χ4n) is 3.25. The van der Waals surface area contributed by atoms with E-state index in [2.05, 4.69) is 0 Å². The minimum absolute atomic E-state index is 0.119. The standard InChI is InChI=1S/C22H18O5/c1-3-26-14-6-4-13(5-7-14)22-15-8-12(2)17(23)10-20(15)27-21-11-19(25)18(24)9-16(21)22/h4-11,24-25H,3H2,1-2H3. The molecular weight excluding hydrogens is 344 g/mol. The van der Waals surface area contributed by atoms with Crippen molar-refractivity contribution in [2.45, 2.75) is 13.8 Å². The maximum absolute atomic E-state index is 12.1. The molecule has 0 unspecified atom stereocenters. The number of phenolic OH excluding ortho intramolecular Hbond substituents is 2. The normalized spacial score (nSPS) is 11.2. The van der Waals surface area contributed by atoms with Gasteiger partial charge in [0, 0.05) is 28.6 Å². The molecule has 0 spiro atoms. The number of benzene rings is 3. The van der Waals surface area contributed by atoms with Crippen LogP contribution in [0.15, 0.2) is 57.7 Å². The summed E-state index contributed by atoms with van der Waals surface area (Å²) in [4.78, 5) is 12.1. The second-order valence-corrected chi connectivity index (χ2v) is 6.39. The summed E-state index contributed by atoms with van der Waals surface area (Å²) in [6.07, 6.45) is 0. The van der Waals surface area contributed by atoms with Gasteiger partial charge in [0.05, 0.1) is 6.61 Å². The van der Waals surface area contributed by atoms with Crippen LogP contribution in [0.3, 0.4) is 0 Å². The monoisotopic (exact) mass is 362 g/mol. The van der Waals surface area contributed by atoms with Crippen LogP contribution in [0, 0.1) is 6.92 Å².